The van der Waals surface area contributed by atoms with E-state index in [-0.39, 0.29) is 5.01 Å². The normalized spacial score (nSPS) is 11.9. The topological polar surface area (TPSA) is 33.1 Å². The Bertz CT molecular complexity index is 199. The summed E-state index contributed by atoms with van der Waals surface area (Å²) in [5, 5.41) is 9.29. The van der Waals surface area contributed by atoms with Crippen LogP contribution in [0.2, 0.25) is 0 Å². The van der Waals surface area contributed by atoms with Crippen molar-refractivity contribution in [3.63, 3.8) is 0 Å². The number of hydrogen-bond acceptors (Lipinski definition) is 3. The van der Waals surface area contributed by atoms with Crippen LogP contribution in [0.1, 0.15) is 5.01 Å². The van der Waals surface area contributed by atoms with Crippen LogP contribution in [0.25, 0.3) is 0 Å². The van der Waals surface area contributed by atoms with Crippen molar-refractivity contribution in [2.24, 2.45) is 0 Å². The fourth-order valence-corrected chi connectivity index (χ4v) is 1.08. The Morgan fingerprint density at radius 3 is 2.80 bits per heavy atom. The summed E-state index contributed by atoms with van der Waals surface area (Å²) in [6, 6.07) is 0. The maximum absolute atomic E-state index is 12.4. The van der Waals surface area contributed by atoms with Crippen molar-refractivity contribution in [2.45, 2.75) is 5.92 Å². The first kappa shape index (κ1) is 7.56. The molecule has 2 nitrogen and oxygen atoms in total. The number of rotatable bonds is 2. The van der Waals surface area contributed by atoms with E-state index in [4.69, 9.17) is 5.11 Å². The van der Waals surface area contributed by atoms with Crippen LogP contribution in [0, 0.1) is 0 Å². The number of aromatic nitrogens is 1. The first-order valence-corrected chi connectivity index (χ1v) is 3.43. The molecule has 10 heavy (non-hydrogen) atoms. The molecule has 0 aromatic carbocycles. The largest absolute Gasteiger partial charge is 0.390 e. The summed E-state index contributed by atoms with van der Waals surface area (Å²) >= 11 is 0.833. The lowest BCUT2D eigenvalue weighted by molar-refractivity contribution is -0.0557. The number of hydrogen-bond donors (Lipinski definition) is 1. The molecule has 5 heteroatoms. The molecule has 0 aliphatic heterocycles. The molecule has 0 spiro atoms. The fraction of sp³-hybridized carbons (Fsp3) is 0.400. The van der Waals surface area contributed by atoms with E-state index in [1.807, 2.05) is 0 Å². The molecule has 0 saturated heterocycles. The van der Waals surface area contributed by atoms with E-state index in [1.165, 1.54) is 11.6 Å². The van der Waals surface area contributed by atoms with Gasteiger partial charge in [-0.15, -0.1) is 11.3 Å². The lowest BCUT2D eigenvalue weighted by atomic mass is 10.4. The minimum absolute atomic E-state index is 0.338. The molecule has 0 saturated carbocycles. The highest BCUT2D eigenvalue weighted by atomic mass is 32.1. The van der Waals surface area contributed by atoms with Crippen LogP contribution in [0.15, 0.2) is 11.6 Å². The average molecular weight is 165 g/mol. The molecule has 0 aliphatic carbocycles. The van der Waals surface area contributed by atoms with E-state index < -0.39 is 12.5 Å². The van der Waals surface area contributed by atoms with E-state index in [2.05, 4.69) is 4.98 Å². The van der Waals surface area contributed by atoms with Crippen molar-refractivity contribution in [1.82, 2.24) is 4.98 Å². The molecule has 0 bridgehead atoms. The number of alkyl halides is 2. The van der Waals surface area contributed by atoms with Gasteiger partial charge in [0.05, 0.1) is 0 Å². The van der Waals surface area contributed by atoms with Gasteiger partial charge in [0, 0.05) is 11.6 Å². The lowest BCUT2D eigenvalue weighted by Crippen LogP contribution is -2.17. The van der Waals surface area contributed by atoms with Crippen LogP contribution in [0.3, 0.4) is 0 Å². The third-order valence-corrected chi connectivity index (χ3v) is 1.83. The number of halogens is 2. The first-order chi connectivity index (χ1) is 4.67. The van der Waals surface area contributed by atoms with E-state index in [9.17, 15) is 8.78 Å². The quantitative estimate of drug-likeness (QED) is 0.714. The number of nitrogens with zero attached hydrogens (tertiary/aromatic N) is 1. The maximum Gasteiger partial charge on any atom is 0.321 e. The van der Waals surface area contributed by atoms with Gasteiger partial charge in [-0.25, -0.2) is 4.98 Å². The molecule has 0 atom stereocenters. The van der Waals surface area contributed by atoms with Crippen LogP contribution in [0.4, 0.5) is 8.78 Å². The van der Waals surface area contributed by atoms with Crippen molar-refractivity contribution < 1.29 is 13.9 Å². The fourth-order valence-electron chi connectivity index (χ4n) is 0.472. The minimum atomic E-state index is -3.17. The van der Waals surface area contributed by atoms with Crippen molar-refractivity contribution in [3.05, 3.63) is 16.6 Å². The van der Waals surface area contributed by atoms with Gasteiger partial charge in [0.15, 0.2) is 5.01 Å². The second-order valence-corrected chi connectivity index (χ2v) is 2.59. The van der Waals surface area contributed by atoms with Crippen LogP contribution in [-0.4, -0.2) is 16.7 Å². The summed E-state index contributed by atoms with van der Waals surface area (Å²) in [4.78, 5) is 3.37. The molecule has 1 aromatic rings. The Kier molecular flexibility index (Phi) is 1.96. The molecule has 0 fully saturated rings. The van der Waals surface area contributed by atoms with Gasteiger partial charge < -0.3 is 5.11 Å². The second-order valence-electron chi connectivity index (χ2n) is 1.70. The highest BCUT2D eigenvalue weighted by molar-refractivity contribution is 7.09. The molecule has 1 rings (SSSR count). The van der Waals surface area contributed by atoms with Crippen molar-refractivity contribution in [1.29, 1.82) is 0 Å². The highest BCUT2D eigenvalue weighted by Crippen LogP contribution is 2.28. The Labute approximate surface area is 60.1 Å². The van der Waals surface area contributed by atoms with Crippen molar-refractivity contribution in [3.8, 4) is 0 Å². The molecule has 0 aliphatic rings. The number of thiazole rings is 1. The van der Waals surface area contributed by atoms with Gasteiger partial charge in [-0.2, -0.15) is 8.78 Å². The van der Waals surface area contributed by atoms with Crippen LogP contribution in [-0.2, 0) is 5.92 Å². The summed E-state index contributed by atoms with van der Waals surface area (Å²) < 4.78 is 24.8. The zero-order chi connectivity index (χ0) is 7.61. The Morgan fingerprint density at radius 1 is 1.70 bits per heavy atom. The standard InChI is InChI=1S/C5H5F2NOS/c6-5(7,3-9)4-8-1-2-10-4/h1-2,9H,3H2. The lowest BCUT2D eigenvalue weighted by Gasteiger charge is -2.07. The molecule has 56 valence electrons. The maximum atomic E-state index is 12.4. The summed E-state index contributed by atoms with van der Waals surface area (Å²) in [7, 11) is 0. The van der Waals surface area contributed by atoms with E-state index >= 15 is 0 Å². The monoisotopic (exact) mass is 165 g/mol. The molecule has 0 radical (unpaired) electrons. The van der Waals surface area contributed by atoms with Gasteiger partial charge >= 0.3 is 5.92 Å². The molecular formula is C5H5F2NOS. The van der Waals surface area contributed by atoms with E-state index in [0.717, 1.165) is 11.3 Å². The third kappa shape index (κ3) is 1.30. The third-order valence-electron chi connectivity index (χ3n) is 0.944. The van der Waals surface area contributed by atoms with E-state index in [0.29, 0.717) is 0 Å². The molecule has 1 heterocycles. The summed E-state index contributed by atoms with van der Waals surface area (Å²) in [6.07, 6.45) is 1.28. The van der Waals surface area contributed by atoms with Crippen molar-refractivity contribution >= 4 is 11.3 Å². The van der Waals surface area contributed by atoms with Crippen LogP contribution in [0.5, 0.6) is 0 Å². The second kappa shape index (κ2) is 2.59. The summed E-state index contributed by atoms with van der Waals surface area (Å²) in [5.41, 5.74) is 0. The van der Waals surface area contributed by atoms with E-state index in [1.54, 1.807) is 0 Å². The SMILES string of the molecule is OCC(F)(F)c1nccs1. The van der Waals surface area contributed by atoms with Gasteiger partial charge in [0.25, 0.3) is 0 Å². The Morgan fingerprint density at radius 2 is 2.40 bits per heavy atom. The zero-order valence-electron chi connectivity index (χ0n) is 4.92. The Balaban J connectivity index is 2.85. The molecule has 0 amide bonds. The molecule has 1 N–H and O–H groups in total. The summed E-state index contributed by atoms with van der Waals surface area (Å²) in [5.74, 6) is -3.17. The van der Waals surface area contributed by atoms with Gasteiger partial charge in [-0.05, 0) is 0 Å². The predicted molar refractivity (Wildman–Crippen MR) is 33.1 cm³/mol. The molecule has 0 unspecified atom stereocenters. The summed E-state index contributed by atoms with van der Waals surface area (Å²) in [6.45, 7) is -1.18. The van der Waals surface area contributed by atoms with Crippen molar-refractivity contribution in [2.75, 3.05) is 6.61 Å². The predicted octanol–water partition coefficient (Wildman–Crippen LogP) is 1.23. The van der Waals surface area contributed by atoms with Gasteiger partial charge in [0.2, 0.25) is 0 Å². The van der Waals surface area contributed by atoms with Gasteiger partial charge in [-0.3, -0.25) is 0 Å². The van der Waals surface area contributed by atoms with Gasteiger partial charge in [0.1, 0.15) is 6.61 Å². The molecule has 1 aromatic heterocycles. The van der Waals surface area contributed by atoms with Crippen LogP contribution < -0.4 is 0 Å². The number of aliphatic hydroxyl groups excluding tert-OH is 1. The minimum Gasteiger partial charge on any atom is -0.390 e. The average Bonchev–Trinajstić information content (AvgIpc) is 2.38. The van der Waals surface area contributed by atoms with Crippen LogP contribution >= 0.6 is 11.3 Å². The smallest absolute Gasteiger partial charge is 0.321 e. The first-order valence-electron chi connectivity index (χ1n) is 2.55. The molecular weight excluding hydrogens is 160 g/mol. The number of aliphatic hydroxyl groups is 1. The Hall–Kier alpha value is -0.550. The zero-order valence-corrected chi connectivity index (χ0v) is 5.74. The highest BCUT2D eigenvalue weighted by Gasteiger charge is 2.33. The van der Waals surface area contributed by atoms with Gasteiger partial charge in [-0.1, -0.05) is 0 Å².